The monoisotopic (exact) mass is 820 g/mol. The number of aromatic nitrogens is 1. The molecule has 8 nitrogen and oxygen atoms in total. The maximum atomic E-state index is 8.13. The van der Waals surface area contributed by atoms with Gasteiger partial charge < -0.3 is 30.4 Å². The minimum Gasteiger partial charge on any atom is -0.494 e. The number of nitrogens with one attached hydrogen (secondary N) is 6. The quantitative estimate of drug-likeness (QED) is 0.0369. The van der Waals surface area contributed by atoms with Gasteiger partial charge in [-0.2, -0.15) is 0 Å². The van der Waals surface area contributed by atoms with Gasteiger partial charge >= 0.3 is 0 Å². The number of H-pyrrole nitrogens is 1. The number of amidine groups is 2. The molecule has 11 heteroatoms. The molecule has 3 aromatic heterocycles. The van der Waals surface area contributed by atoms with E-state index in [1.54, 1.807) is 34.4 Å². The minimum absolute atomic E-state index is 0.440. The van der Waals surface area contributed by atoms with Crippen molar-refractivity contribution in [2.45, 2.75) is 35.5 Å². The van der Waals surface area contributed by atoms with Crippen molar-refractivity contribution in [3.8, 4) is 11.5 Å². The first-order valence-corrected chi connectivity index (χ1v) is 21.9. The largest absolute Gasteiger partial charge is 0.494 e. The van der Waals surface area contributed by atoms with Crippen LogP contribution < -0.4 is 25.4 Å². The number of ether oxygens (including phenoxy) is 2. The Kier molecular flexibility index (Phi) is 12.7. The molecular formula is C47H44N6O2S3. The lowest BCUT2D eigenvalue weighted by Crippen LogP contribution is -2.24. The lowest BCUT2D eigenvalue weighted by Gasteiger charge is -2.21. The van der Waals surface area contributed by atoms with Crippen LogP contribution in [-0.4, -0.2) is 36.4 Å². The number of aryl methyl sites for hydroxylation is 1. The summed E-state index contributed by atoms with van der Waals surface area (Å²) in [4.78, 5) is 7.82. The highest BCUT2D eigenvalue weighted by molar-refractivity contribution is 7.99. The van der Waals surface area contributed by atoms with Gasteiger partial charge in [0.05, 0.1) is 39.9 Å². The molecule has 0 spiro atoms. The van der Waals surface area contributed by atoms with Crippen LogP contribution in [0.1, 0.15) is 34.6 Å². The van der Waals surface area contributed by atoms with Gasteiger partial charge in [0, 0.05) is 44.4 Å². The van der Waals surface area contributed by atoms with Crippen molar-refractivity contribution in [3.63, 3.8) is 0 Å². The fraction of sp³-hybridized carbons (Fsp3) is 0.149. The van der Waals surface area contributed by atoms with Crippen molar-refractivity contribution in [1.29, 1.82) is 10.8 Å². The Morgan fingerprint density at radius 3 is 2.19 bits per heavy atom. The number of rotatable bonds is 14. The average molecular weight is 821 g/mol. The number of para-hydroxylation sites is 2. The zero-order valence-corrected chi connectivity index (χ0v) is 34.3. The molecule has 0 atom stereocenters. The SMILES string of the molecule is N=C(NCCCOc1cccc2[nH]c3ccccc3c12)c1cccs1.N=C(Nc1ccc(CCCCOc2ccc3c(c2)Nc2ccccc2S3)cc1)c1cccs1. The molecule has 8 aromatic rings. The van der Waals surface area contributed by atoms with Crippen LogP contribution in [0.25, 0.3) is 21.8 Å². The van der Waals surface area contributed by atoms with E-state index in [-0.39, 0.29) is 0 Å². The van der Waals surface area contributed by atoms with Crippen LogP contribution >= 0.6 is 34.4 Å². The molecule has 0 fully saturated rings. The third-order valence-electron chi connectivity index (χ3n) is 9.59. The van der Waals surface area contributed by atoms with Gasteiger partial charge in [-0.15, -0.1) is 22.7 Å². The molecular weight excluding hydrogens is 777 g/mol. The molecule has 9 rings (SSSR count). The molecule has 0 saturated heterocycles. The summed E-state index contributed by atoms with van der Waals surface area (Å²) in [7, 11) is 0. The van der Waals surface area contributed by atoms with Gasteiger partial charge in [-0.3, -0.25) is 10.8 Å². The minimum atomic E-state index is 0.440. The van der Waals surface area contributed by atoms with Crippen LogP contribution in [-0.2, 0) is 6.42 Å². The normalized spacial score (nSPS) is 11.4. The summed E-state index contributed by atoms with van der Waals surface area (Å²) in [6, 6.07) is 45.2. The van der Waals surface area contributed by atoms with Gasteiger partial charge in [0.1, 0.15) is 23.2 Å². The number of hydrogen-bond acceptors (Lipinski definition) is 8. The summed E-state index contributed by atoms with van der Waals surface area (Å²) in [6.07, 6.45) is 3.94. The number of anilines is 3. The van der Waals surface area contributed by atoms with Gasteiger partial charge in [0.25, 0.3) is 0 Å². The van der Waals surface area contributed by atoms with Crippen molar-refractivity contribution in [3.05, 3.63) is 160 Å². The van der Waals surface area contributed by atoms with Gasteiger partial charge in [0.2, 0.25) is 0 Å². The number of benzene rings is 5. The first kappa shape index (κ1) is 38.8. The molecule has 6 N–H and O–H groups in total. The van der Waals surface area contributed by atoms with Crippen molar-refractivity contribution in [2.75, 3.05) is 30.4 Å². The van der Waals surface area contributed by atoms with E-state index in [4.69, 9.17) is 20.3 Å². The molecule has 58 heavy (non-hydrogen) atoms. The maximum absolute atomic E-state index is 8.13. The fourth-order valence-electron chi connectivity index (χ4n) is 6.67. The third-order valence-corrected chi connectivity index (χ3v) is 12.5. The maximum Gasteiger partial charge on any atom is 0.140 e. The van der Waals surface area contributed by atoms with Crippen LogP contribution in [0.15, 0.2) is 154 Å². The summed E-state index contributed by atoms with van der Waals surface area (Å²) in [6.45, 7) is 2.05. The van der Waals surface area contributed by atoms with E-state index in [1.807, 2.05) is 71.4 Å². The van der Waals surface area contributed by atoms with Crippen LogP contribution in [0.4, 0.5) is 17.1 Å². The predicted octanol–water partition coefficient (Wildman–Crippen LogP) is 12.6. The lowest BCUT2D eigenvalue weighted by atomic mass is 10.1. The molecule has 0 aliphatic carbocycles. The molecule has 0 bridgehead atoms. The van der Waals surface area contributed by atoms with Crippen molar-refractivity contribution < 1.29 is 9.47 Å². The van der Waals surface area contributed by atoms with Crippen LogP contribution in [0, 0.1) is 10.8 Å². The predicted molar refractivity (Wildman–Crippen MR) is 245 cm³/mol. The van der Waals surface area contributed by atoms with Gasteiger partial charge in [0.15, 0.2) is 0 Å². The molecule has 0 unspecified atom stereocenters. The Morgan fingerprint density at radius 2 is 1.36 bits per heavy atom. The van der Waals surface area contributed by atoms with E-state index in [0.29, 0.717) is 24.9 Å². The van der Waals surface area contributed by atoms with Crippen molar-refractivity contribution >= 4 is 85.0 Å². The Balaban J connectivity index is 0.000000168. The molecule has 1 aliphatic rings. The second-order valence-electron chi connectivity index (χ2n) is 13.7. The first-order valence-electron chi connectivity index (χ1n) is 19.3. The summed E-state index contributed by atoms with van der Waals surface area (Å²) in [5, 5.41) is 32.2. The van der Waals surface area contributed by atoms with Gasteiger partial charge in [-0.25, -0.2) is 0 Å². The van der Waals surface area contributed by atoms with Crippen LogP contribution in [0.3, 0.4) is 0 Å². The van der Waals surface area contributed by atoms with E-state index in [2.05, 4.69) is 93.7 Å². The lowest BCUT2D eigenvalue weighted by molar-refractivity contribution is 0.307. The summed E-state index contributed by atoms with van der Waals surface area (Å²) in [5.74, 6) is 2.73. The summed E-state index contributed by atoms with van der Waals surface area (Å²) < 4.78 is 12.0. The average Bonchev–Trinajstić information content (AvgIpc) is 4.06. The number of fused-ring (bicyclic) bond motifs is 5. The zero-order chi connectivity index (χ0) is 39.5. The van der Waals surface area contributed by atoms with Gasteiger partial charge in [-0.1, -0.05) is 72.4 Å². The Bertz CT molecular complexity index is 2600. The zero-order valence-electron chi connectivity index (χ0n) is 31.8. The summed E-state index contributed by atoms with van der Waals surface area (Å²) >= 11 is 4.93. The second kappa shape index (κ2) is 19.0. The number of unbranched alkanes of at least 4 members (excludes halogenated alkanes) is 1. The Labute approximate surface area is 350 Å². The molecule has 5 aromatic carbocycles. The molecule has 292 valence electrons. The molecule has 1 aliphatic heterocycles. The van der Waals surface area contributed by atoms with Gasteiger partial charge in [-0.05, 0) is 109 Å². The van der Waals surface area contributed by atoms with E-state index < -0.39 is 0 Å². The van der Waals surface area contributed by atoms with E-state index in [9.17, 15) is 0 Å². The van der Waals surface area contributed by atoms with Crippen molar-refractivity contribution in [1.82, 2.24) is 10.3 Å². The molecule has 0 saturated carbocycles. The Hall–Kier alpha value is -6.01. The highest BCUT2D eigenvalue weighted by atomic mass is 32.2. The smallest absolute Gasteiger partial charge is 0.140 e. The first-order chi connectivity index (χ1) is 28.6. The Morgan fingerprint density at radius 1 is 0.621 bits per heavy atom. The number of aromatic amines is 1. The van der Waals surface area contributed by atoms with E-state index in [0.717, 1.165) is 87.0 Å². The number of thiophene rings is 2. The van der Waals surface area contributed by atoms with Crippen LogP contribution in [0.2, 0.25) is 0 Å². The number of hydrogen-bond donors (Lipinski definition) is 6. The molecule has 0 radical (unpaired) electrons. The second-order valence-corrected chi connectivity index (χ2v) is 16.7. The summed E-state index contributed by atoms with van der Waals surface area (Å²) in [5.41, 5.74) is 6.73. The molecule has 4 heterocycles. The molecule has 0 amide bonds. The van der Waals surface area contributed by atoms with E-state index >= 15 is 0 Å². The fourth-order valence-corrected chi connectivity index (χ4v) is 8.92. The third kappa shape index (κ3) is 9.74. The topological polar surface area (TPSA) is 118 Å². The highest BCUT2D eigenvalue weighted by Gasteiger charge is 2.16. The van der Waals surface area contributed by atoms with Crippen molar-refractivity contribution in [2.24, 2.45) is 0 Å². The van der Waals surface area contributed by atoms with Crippen LogP contribution in [0.5, 0.6) is 11.5 Å². The van der Waals surface area contributed by atoms with E-state index in [1.165, 1.54) is 20.7 Å². The standard InChI is InChI=1S/C27H25N3OS2.C20H19N3OS/c28-27(26-9-5-17-32-26)29-20-12-10-19(11-13-20)6-3-4-16-31-21-14-15-25-23(18-21)30-22-7-1-2-8-24(22)33-25;21-20(18-10-4-13-25-18)22-11-5-12-24-17-9-3-8-16-19(17)14-6-1-2-7-15(14)23-16/h1-2,5,7-15,17-18,30H,3-4,6,16H2,(H2,28,29);1-4,6-10,13,23H,5,11-12H2,(H2,21,22). The highest BCUT2D eigenvalue weighted by Crippen LogP contribution is 2.45.